The Labute approximate surface area is 198 Å². The van der Waals surface area contributed by atoms with Gasteiger partial charge < -0.3 is 15.0 Å². The van der Waals surface area contributed by atoms with Gasteiger partial charge in [-0.15, -0.1) is 0 Å². The molecule has 2 fully saturated rings. The maximum absolute atomic E-state index is 13.1. The van der Waals surface area contributed by atoms with E-state index in [4.69, 9.17) is 27.9 Å². The van der Waals surface area contributed by atoms with Gasteiger partial charge in [0.2, 0.25) is 15.9 Å². The summed E-state index contributed by atoms with van der Waals surface area (Å²) >= 11 is 12.1. The van der Waals surface area contributed by atoms with Crippen LogP contribution in [0.25, 0.3) is 0 Å². The van der Waals surface area contributed by atoms with Gasteiger partial charge in [-0.2, -0.15) is 4.31 Å². The molecule has 2 aromatic rings. The van der Waals surface area contributed by atoms with Crippen LogP contribution in [0.1, 0.15) is 12.8 Å². The Morgan fingerprint density at radius 2 is 1.69 bits per heavy atom. The highest BCUT2D eigenvalue weighted by Crippen LogP contribution is 2.31. The average Bonchev–Trinajstić information content (AvgIpc) is 2.80. The highest BCUT2D eigenvalue weighted by molar-refractivity contribution is 7.89. The second-order valence-corrected chi connectivity index (χ2v) is 10.7. The van der Waals surface area contributed by atoms with Gasteiger partial charge in [-0.3, -0.25) is 4.79 Å². The third-order valence-electron chi connectivity index (χ3n) is 5.77. The lowest BCUT2D eigenvalue weighted by molar-refractivity contribution is -0.120. The van der Waals surface area contributed by atoms with Gasteiger partial charge in [0.05, 0.1) is 35.4 Å². The summed E-state index contributed by atoms with van der Waals surface area (Å²) < 4.78 is 32.9. The van der Waals surface area contributed by atoms with Crippen LogP contribution in [0.4, 0.5) is 11.4 Å². The van der Waals surface area contributed by atoms with Crippen molar-refractivity contribution >= 4 is 50.5 Å². The molecule has 172 valence electrons. The van der Waals surface area contributed by atoms with Crippen LogP contribution in [-0.4, -0.2) is 58.0 Å². The summed E-state index contributed by atoms with van der Waals surface area (Å²) in [4.78, 5) is 15.5. The van der Waals surface area contributed by atoms with Gasteiger partial charge in [0.15, 0.2) is 0 Å². The Hall–Kier alpha value is -1.84. The van der Waals surface area contributed by atoms with E-state index in [2.05, 4.69) is 10.2 Å². The molecule has 0 bridgehead atoms. The van der Waals surface area contributed by atoms with Gasteiger partial charge in [-0.25, -0.2) is 8.42 Å². The number of benzene rings is 2. The fraction of sp³-hybridized carbons (Fsp3) is 0.409. The summed E-state index contributed by atoms with van der Waals surface area (Å²) in [6.07, 6.45) is 1.22. The second kappa shape index (κ2) is 9.97. The summed E-state index contributed by atoms with van der Waals surface area (Å²) in [7, 11) is -3.70. The number of piperidine rings is 1. The van der Waals surface area contributed by atoms with Gasteiger partial charge in [0, 0.05) is 36.2 Å². The molecule has 2 aliphatic rings. The molecule has 7 nitrogen and oxygen atoms in total. The van der Waals surface area contributed by atoms with Crippen LogP contribution in [0.2, 0.25) is 10.0 Å². The first-order valence-electron chi connectivity index (χ1n) is 10.5. The van der Waals surface area contributed by atoms with Crippen molar-refractivity contribution in [2.45, 2.75) is 17.7 Å². The zero-order valence-corrected chi connectivity index (χ0v) is 19.8. The number of anilines is 2. The zero-order chi connectivity index (χ0) is 22.7. The largest absolute Gasteiger partial charge is 0.378 e. The Morgan fingerprint density at radius 3 is 2.41 bits per heavy atom. The van der Waals surface area contributed by atoms with E-state index in [9.17, 15) is 13.2 Å². The number of rotatable bonds is 5. The Bertz CT molecular complexity index is 1070. The minimum Gasteiger partial charge on any atom is -0.378 e. The van der Waals surface area contributed by atoms with E-state index in [0.717, 1.165) is 18.8 Å². The molecule has 1 amide bonds. The topological polar surface area (TPSA) is 79.0 Å². The van der Waals surface area contributed by atoms with Crippen LogP contribution >= 0.6 is 23.2 Å². The van der Waals surface area contributed by atoms with Crippen LogP contribution in [0.5, 0.6) is 0 Å². The third-order valence-corrected chi connectivity index (χ3v) is 8.14. The number of morpholine rings is 1. The molecule has 1 N–H and O–H groups in total. The number of amides is 1. The molecule has 2 aliphatic heterocycles. The molecular formula is C22H25Cl2N3O4S. The summed E-state index contributed by atoms with van der Waals surface area (Å²) in [6, 6.07) is 11.5. The van der Waals surface area contributed by atoms with Crippen molar-refractivity contribution in [2.75, 3.05) is 49.6 Å². The quantitative estimate of drug-likeness (QED) is 0.678. The molecule has 0 aliphatic carbocycles. The number of halogens is 2. The lowest BCUT2D eigenvalue weighted by atomic mass is 9.98. The SMILES string of the molecule is O=C(Nc1cc(Cl)ccc1N1CCOCC1)C1CCCN(S(=O)(=O)c2ccc(Cl)cc2)C1. The van der Waals surface area contributed by atoms with Gasteiger partial charge in [-0.1, -0.05) is 23.2 Å². The summed E-state index contributed by atoms with van der Waals surface area (Å²) in [6.45, 7) is 3.20. The van der Waals surface area contributed by atoms with Gasteiger partial charge in [0.1, 0.15) is 0 Å². The van der Waals surface area contributed by atoms with Crippen molar-refractivity contribution in [3.05, 3.63) is 52.5 Å². The molecule has 1 atom stereocenters. The number of nitrogens with zero attached hydrogens (tertiary/aromatic N) is 2. The molecule has 32 heavy (non-hydrogen) atoms. The Kier molecular flexibility index (Phi) is 7.27. The Morgan fingerprint density at radius 1 is 1.00 bits per heavy atom. The van der Waals surface area contributed by atoms with E-state index in [1.54, 1.807) is 24.3 Å². The minimum atomic E-state index is -3.70. The standard InChI is InChI=1S/C22H25Cl2N3O4S/c23-17-3-6-19(7-4-17)32(29,30)27-9-1-2-16(15-27)22(28)25-20-14-18(24)5-8-21(20)26-10-12-31-13-11-26/h3-8,14,16H,1-2,9-13,15H2,(H,25,28). The molecule has 0 aromatic heterocycles. The van der Waals surface area contributed by atoms with Crippen molar-refractivity contribution < 1.29 is 17.9 Å². The highest BCUT2D eigenvalue weighted by Gasteiger charge is 2.33. The summed E-state index contributed by atoms with van der Waals surface area (Å²) in [5.74, 6) is -0.667. The van der Waals surface area contributed by atoms with Crippen molar-refractivity contribution in [3.8, 4) is 0 Å². The molecule has 10 heteroatoms. The first-order chi connectivity index (χ1) is 15.3. The van der Waals surface area contributed by atoms with E-state index in [0.29, 0.717) is 48.3 Å². The van der Waals surface area contributed by atoms with E-state index < -0.39 is 15.9 Å². The molecule has 0 spiro atoms. The first-order valence-corrected chi connectivity index (χ1v) is 12.7. The molecule has 0 radical (unpaired) electrons. The molecule has 2 aromatic carbocycles. The van der Waals surface area contributed by atoms with Crippen LogP contribution in [-0.2, 0) is 19.6 Å². The maximum Gasteiger partial charge on any atom is 0.243 e. The normalized spacial score (nSPS) is 20.2. The predicted molar refractivity (Wildman–Crippen MR) is 126 cm³/mol. The predicted octanol–water partition coefficient (Wildman–Crippen LogP) is 3.87. The number of carbonyl (C=O) groups excluding carboxylic acids is 1. The number of ether oxygens (including phenoxy) is 1. The van der Waals surface area contributed by atoms with E-state index in [-0.39, 0.29) is 17.3 Å². The van der Waals surface area contributed by atoms with Crippen LogP contribution in [0.15, 0.2) is 47.4 Å². The van der Waals surface area contributed by atoms with Crippen LogP contribution in [0.3, 0.4) is 0 Å². The lowest BCUT2D eigenvalue weighted by Gasteiger charge is -2.33. The fourth-order valence-corrected chi connectivity index (χ4v) is 5.88. The van der Waals surface area contributed by atoms with Crippen molar-refractivity contribution in [1.29, 1.82) is 0 Å². The molecule has 1 unspecified atom stereocenters. The van der Waals surface area contributed by atoms with Gasteiger partial charge in [0.25, 0.3) is 0 Å². The van der Waals surface area contributed by atoms with E-state index in [1.165, 1.54) is 16.4 Å². The van der Waals surface area contributed by atoms with Crippen molar-refractivity contribution in [2.24, 2.45) is 5.92 Å². The van der Waals surface area contributed by atoms with E-state index in [1.807, 2.05) is 6.07 Å². The van der Waals surface area contributed by atoms with Crippen molar-refractivity contribution in [1.82, 2.24) is 4.31 Å². The molecule has 2 heterocycles. The Balaban J connectivity index is 1.49. The van der Waals surface area contributed by atoms with Crippen molar-refractivity contribution in [3.63, 3.8) is 0 Å². The molecule has 4 rings (SSSR count). The highest BCUT2D eigenvalue weighted by atomic mass is 35.5. The lowest BCUT2D eigenvalue weighted by Crippen LogP contribution is -2.44. The van der Waals surface area contributed by atoms with Crippen LogP contribution < -0.4 is 10.2 Å². The minimum absolute atomic E-state index is 0.129. The summed E-state index contributed by atoms with van der Waals surface area (Å²) in [5.41, 5.74) is 1.51. The maximum atomic E-state index is 13.1. The monoisotopic (exact) mass is 497 g/mol. The molecular weight excluding hydrogens is 473 g/mol. The molecule has 0 saturated carbocycles. The summed E-state index contributed by atoms with van der Waals surface area (Å²) in [5, 5.41) is 3.98. The molecule has 2 saturated heterocycles. The zero-order valence-electron chi connectivity index (χ0n) is 17.5. The van der Waals surface area contributed by atoms with E-state index >= 15 is 0 Å². The fourth-order valence-electron chi connectivity index (χ4n) is 4.05. The smallest absolute Gasteiger partial charge is 0.243 e. The number of hydrogen-bond donors (Lipinski definition) is 1. The van der Waals surface area contributed by atoms with Crippen LogP contribution in [0, 0.1) is 5.92 Å². The second-order valence-electron chi connectivity index (χ2n) is 7.91. The number of carbonyl (C=O) groups is 1. The van der Waals surface area contributed by atoms with Gasteiger partial charge in [-0.05, 0) is 55.3 Å². The number of hydrogen-bond acceptors (Lipinski definition) is 5. The average molecular weight is 498 g/mol. The third kappa shape index (κ3) is 5.21. The number of nitrogens with one attached hydrogen (secondary N) is 1. The first kappa shape index (κ1) is 23.3. The van der Waals surface area contributed by atoms with Gasteiger partial charge >= 0.3 is 0 Å². The number of sulfonamides is 1.